The lowest BCUT2D eigenvalue weighted by Gasteiger charge is -2.08. The molecule has 0 radical (unpaired) electrons. The van der Waals surface area contributed by atoms with E-state index in [1.165, 1.54) is 6.20 Å². The number of aryl methyl sites for hydroxylation is 1. The number of hydrogen-bond acceptors (Lipinski definition) is 5. The number of carbonyl (C=O) groups is 1. The third-order valence-electron chi connectivity index (χ3n) is 2.30. The van der Waals surface area contributed by atoms with Gasteiger partial charge in [0.05, 0.1) is 24.2 Å². The molecule has 0 saturated heterocycles. The van der Waals surface area contributed by atoms with Crippen molar-refractivity contribution in [3.8, 4) is 0 Å². The number of hydrogen-bond donors (Lipinski definition) is 1. The van der Waals surface area contributed by atoms with Gasteiger partial charge in [-0.25, -0.2) is 4.79 Å². The molecule has 0 fully saturated rings. The molecule has 0 amide bonds. The number of carbonyl (C=O) groups excluding carboxylic acids is 1. The van der Waals surface area contributed by atoms with Gasteiger partial charge in [-0.05, 0) is 13.0 Å². The number of anilines is 2. The molecule has 1 N–H and O–H groups in total. The van der Waals surface area contributed by atoms with E-state index in [1.54, 1.807) is 30.1 Å². The third kappa shape index (κ3) is 2.65. The maximum atomic E-state index is 11.7. The van der Waals surface area contributed by atoms with Crippen LogP contribution in [0, 0.1) is 0 Å². The second-order valence-corrected chi connectivity index (χ2v) is 3.67. The standard InChI is InChI=1S/C12H14N4O2/c1-3-18-12(17)10-7-13-5-4-11(10)15-9-6-14-16(2)8-9/h4-8H,3H2,1-2H3,(H,13,15). The van der Waals surface area contributed by atoms with E-state index in [-0.39, 0.29) is 0 Å². The number of pyridine rings is 1. The van der Waals surface area contributed by atoms with Crippen molar-refractivity contribution in [2.45, 2.75) is 6.92 Å². The highest BCUT2D eigenvalue weighted by Crippen LogP contribution is 2.20. The van der Waals surface area contributed by atoms with Gasteiger partial charge in [0, 0.05) is 25.6 Å². The first kappa shape index (κ1) is 12.1. The molecule has 2 aromatic rings. The molecule has 0 saturated carbocycles. The van der Waals surface area contributed by atoms with Gasteiger partial charge in [0.15, 0.2) is 0 Å². The molecule has 2 rings (SSSR count). The first-order valence-electron chi connectivity index (χ1n) is 5.57. The first-order valence-corrected chi connectivity index (χ1v) is 5.57. The van der Waals surface area contributed by atoms with Crippen molar-refractivity contribution in [2.24, 2.45) is 7.05 Å². The van der Waals surface area contributed by atoms with E-state index >= 15 is 0 Å². The molecule has 0 aromatic carbocycles. The molecular weight excluding hydrogens is 232 g/mol. The average Bonchev–Trinajstić information content (AvgIpc) is 2.76. The van der Waals surface area contributed by atoms with Crippen LogP contribution in [0.3, 0.4) is 0 Å². The molecule has 2 heterocycles. The summed E-state index contributed by atoms with van der Waals surface area (Å²) in [5.74, 6) is -0.392. The summed E-state index contributed by atoms with van der Waals surface area (Å²) in [4.78, 5) is 15.7. The lowest BCUT2D eigenvalue weighted by Crippen LogP contribution is -2.08. The van der Waals surface area contributed by atoms with Crippen molar-refractivity contribution in [1.82, 2.24) is 14.8 Å². The van der Waals surface area contributed by atoms with Crippen molar-refractivity contribution in [3.63, 3.8) is 0 Å². The van der Waals surface area contributed by atoms with E-state index < -0.39 is 5.97 Å². The van der Waals surface area contributed by atoms with Crippen LogP contribution in [0.5, 0.6) is 0 Å². The number of nitrogens with one attached hydrogen (secondary N) is 1. The van der Waals surface area contributed by atoms with E-state index in [2.05, 4.69) is 15.4 Å². The highest BCUT2D eigenvalue weighted by molar-refractivity contribution is 5.96. The van der Waals surface area contributed by atoms with E-state index in [0.717, 1.165) is 5.69 Å². The van der Waals surface area contributed by atoms with Gasteiger partial charge < -0.3 is 10.1 Å². The average molecular weight is 246 g/mol. The largest absolute Gasteiger partial charge is 0.462 e. The zero-order chi connectivity index (χ0) is 13.0. The summed E-state index contributed by atoms with van der Waals surface area (Å²) in [6.07, 6.45) is 6.59. The summed E-state index contributed by atoms with van der Waals surface area (Å²) < 4.78 is 6.65. The quantitative estimate of drug-likeness (QED) is 0.832. The van der Waals surface area contributed by atoms with Crippen LogP contribution in [0.4, 0.5) is 11.4 Å². The van der Waals surface area contributed by atoms with Gasteiger partial charge in [-0.15, -0.1) is 0 Å². The Labute approximate surface area is 105 Å². The van der Waals surface area contributed by atoms with E-state index in [4.69, 9.17) is 4.74 Å². The van der Waals surface area contributed by atoms with E-state index in [0.29, 0.717) is 17.9 Å². The van der Waals surface area contributed by atoms with Crippen LogP contribution in [0.25, 0.3) is 0 Å². The minimum atomic E-state index is -0.392. The second-order valence-electron chi connectivity index (χ2n) is 3.67. The fourth-order valence-corrected chi connectivity index (χ4v) is 1.52. The fourth-order valence-electron chi connectivity index (χ4n) is 1.52. The molecule has 18 heavy (non-hydrogen) atoms. The highest BCUT2D eigenvalue weighted by atomic mass is 16.5. The topological polar surface area (TPSA) is 69.0 Å². The van der Waals surface area contributed by atoms with Crippen LogP contribution in [0.2, 0.25) is 0 Å². The van der Waals surface area contributed by atoms with Gasteiger partial charge in [0.1, 0.15) is 5.56 Å². The maximum absolute atomic E-state index is 11.7. The number of ether oxygens (including phenoxy) is 1. The Morgan fingerprint density at radius 1 is 1.50 bits per heavy atom. The summed E-state index contributed by atoms with van der Waals surface area (Å²) in [7, 11) is 1.82. The molecule has 6 nitrogen and oxygen atoms in total. The molecule has 94 valence electrons. The van der Waals surface area contributed by atoms with Crippen molar-refractivity contribution in [3.05, 3.63) is 36.4 Å². The fraction of sp³-hybridized carbons (Fsp3) is 0.250. The zero-order valence-electron chi connectivity index (χ0n) is 10.3. The van der Waals surface area contributed by atoms with Gasteiger partial charge in [-0.3, -0.25) is 9.67 Å². The Morgan fingerprint density at radius 2 is 2.33 bits per heavy atom. The van der Waals surface area contributed by atoms with Crippen molar-refractivity contribution in [1.29, 1.82) is 0 Å². The molecule has 2 aromatic heterocycles. The Hall–Kier alpha value is -2.37. The van der Waals surface area contributed by atoms with Gasteiger partial charge in [0.25, 0.3) is 0 Å². The monoisotopic (exact) mass is 246 g/mol. The Morgan fingerprint density at radius 3 is 3.00 bits per heavy atom. The zero-order valence-corrected chi connectivity index (χ0v) is 10.3. The molecule has 0 atom stereocenters. The summed E-state index contributed by atoms with van der Waals surface area (Å²) in [6, 6.07) is 1.72. The first-order chi connectivity index (χ1) is 8.70. The molecule has 0 aliphatic carbocycles. The minimum Gasteiger partial charge on any atom is -0.462 e. The van der Waals surface area contributed by atoms with Crippen molar-refractivity contribution >= 4 is 17.3 Å². The lowest BCUT2D eigenvalue weighted by molar-refractivity contribution is 0.0527. The number of aromatic nitrogens is 3. The normalized spacial score (nSPS) is 10.1. The van der Waals surface area contributed by atoms with Crippen LogP contribution in [-0.2, 0) is 11.8 Å². The van der Waals surface area contributed by atoms with Gasteiger partial charge >= 0.3 is 5.97 Å². The van der Waals surface area contributed by atoms with Crippen LogP contribution in [0.15, 0.2) is 30.9 Å². The Balaban J connectivity index is 2.24. The highest BCUT2D eigenvalue weighted by Gasteiger charge is 2.12. The number of rotatable bonds is 4. The summed E-state index contributed by atoms with van der Waals surface area (Å²) in [6.45, 7) is 2.10. The van der Waals surface area contributed by atoms with Crippen LogP contribution in [0.1, 0.15) is 17.3 Å². The molecule has 0 aliphatic heterocycles. The number of nitrogens with zero attached hydrogens (tertiary/aromatic N) is 3. The second kappa shape index (κ2) is 5.31. The molecule has 0 spiro atoms. The SMILES string of the molecule is CCOC(=O)c1cnccc1Nc1cnn(C)c1. The summed E-state index contributed by atoms with van der Waals surface area (Å²) in [5, 5.41) is 7.15. The predicted molar refractivity (Wildman–Crippen MR) is 66.7 cm³/mol. The smallest absolute Gasteiger partial charge is 0.341 e. The van der Waals surface area contributed by atoms with E-state index in [1.807, 2.05) is 13.2 Å². The van der Waals surface area contributed by atoms with Crippen LogP contribution >= 0.6 is 0 Å². The molecule has 6 heteroatoms. The Kier molecular flexibility index (Phi) is 3.57. The minimum absolute atomic E-state index is 0.333. The lowest BCUT2D eigenvalue weighted by atomic mass is 10.2. The molecular formula is C12H14N4O2. The van der Waals surface area contributed by atoms with Gasteiger partial charge in [-0.2, -0.15) is 5.10 Å². The molecule has 0 bridgehead atoms. The van der Waals surface area contributed by atoms with Gasteiger partial charge in [0.2, 0.25) is 0 Å². The summed E-state index contributed by atoms with van der Waals surface area (Å²) in [5.41, 5.74) is 1.86. The molecule has 0 unspecified atom stereocenters. The van der Waals surface area contributed by atoms with E-state index in [9.17, 15) is 4.79 Å². The van der Waals surface area contributed by atoms with Gasteiger partial charge in [-0.1, -0.05) is 0 Å². The van der Waals surface area contributed by atoms with Crippen LogP contribution < -0.4 is 5.32 Å². The summed E-state index contributed by atoms with van der Waals surface area (Å²) >= 11 is 0. The Bertz CT molecular complexity index is 551. The third-order valence-corrected chi connectivity index (χ3v) is 2.30. The predicted octanol–water partition coefficient (Wildman–Crippen LogP) is 1.74. The van der Waals surface area contributed by atoms with Crippen molar-refractivity contribution < 1.29 is 9.53 Å². The molecule has 0 aliphatic rings. The van der Waals surface area contributed by atoms with Crippen molar-refractivity contribution in [2.75, 3.05) is 11.9 Å². The maximum Gasteiger partial charge on any atom is 0.341 e. The number of esters is 1. The van der Waals surface area contributed by atoms with Crippen LogP contribution in [-0.4, -0.2) is 27.3 Å².